The molecule has 2 fully saturated rings. The van der Waals surface area contributed by atoms with Gasteiger partial charge in [-0.25, -0.2) is 4.79 Å². The number of carbonyl (C=O) groups excluding carboxylic acids is 3. The number of Topliss-reactive ketones (excluding diaryl/α,β-unsaturated/α-hetero) is 1. The first-order valence-electron chi connectivity index (χ1n) is 12.7. The first-order valence-corrected chi connectivity index (χ1v) is 12.7. The van der Waals surface area contributed by atoms with Crippen molar-refractivity contribution in [3.8, 4) is 5.75 Å². The van der Waals surface area contributed by atoms with Crippen LogP contribution >= 0.6 is 0 Å². The van der Waals surface area contributed by atoms with Gasteiger partial charge in [-0.05, 0) is 49.4 Å². The van der Waals surface area contributed by atoms with Crippen LogP contribution in [0, 0.1) is 0 Å². The fraction of sp³-hybridized carbons (Fsp3) is 0.429. The van der Waals surface area contributed by atoms with Crippen molar-refractivity contribution >= 4 is 23.7 Å². The van der Waals surface area contributed by atoms with Gasteiger partial charge in [-0.2, -0.15) is 0 Å². The molecule has 1 saturated heterocycles. The molecule has 1 heterocycles. The lowest BCUT2D eigenvalue weighted by molar-refractivity contribution is -0.134. The van der Waals surface area contributed by atoms with Crippen LogP contribution in [0.15, 0.2) is 54.6 Å². The van der Waals surface area contributed by atoms with Gasteiger partial charge in [-0.3, -0.25) is 14.4 Å². The fourth-order valence-electron chi connectivity index (χ4n) is 4.40. The van der Waals surface area contributed by atoms with Crippen molar-refractivity contribution in [2.45, 2.75) is 61.9 Å². The predicted molar refractivity (Wildman–Crippen MR) is 139 cm³/mol. The summed E-state index contributed by atoms with van der Waals surface area (Å²) in [5.41, 5.74) is -0.995. The smallest absolute Gasteiger partial charge is 0.405 e. The molecule has 2 aromatic rings. The summed E-state index contributed by atoms with van der Waals surface area (Å²) in [4.78, 5) is 51.4. The van der Waals surface area contributed by atoms with Gasteiger partial charge in [0.05, 0.1) is 25.4 Å². The van der Waals surface area contributed by atoms with Crippen molar-refractivity contribution in [2.75, 3.05) is 13.7 Å². The quantitative estimate of drug-likeness (QED) is 0.235. The van der Waals surface area contributed by atoms with Gasteiger partial charge in [0, 0.05) is 6.42 Å². The van der Waals surface area contributed by atoms with Gasteiger partial charge in [-0.1, -0.05) is 42.5 Å². The van der Waals surface area contributed by atoms with Crippen molar-refractivity contribution in [3.05, 3.63) is 65.7 Å². The maximum Gasteiger partial charge on any atom is 0.405 e. The molecule has 4 atom stereocenters. The molecule has 2 aliphatic rings. The van der Waals surface area contributed by atoms with Crippen molar-refractivity contribution in [1.82, 2.24) is 16.0 Å². The summed E-state index contributed by atoms with van der Waals surface area (Å²) in [7, 11) is 1.53. The van der Waals surface area contributed by atoms with Crippen LogP contribution in [-0.2, 0) is 32.0 Å². The van der Waals surface area contributed by atoms with E-state index in [1.165, 1.54) is 7.11 Å². The molecule has 5 N–H and O–H groups in total. The number of ketones is 1. The highest BCUT2D eigenvalue weighted by molar-refractivity contribution is 5.98. The lowest BCUT2D eigenvalue weighted by Crippen LogP contribution is -2.60. The molecule has 3 amide bonds. The van der Waals surface area contributed by atoms with E-state index in [4.69, 9.17) is 9.47 Å². The molecule has 4 rings (SSSR count). The van der Waals surface area contributed by atoms with Gasteiger partial charge in [-0.15, -0.1) is 0 Å². The summed E-state index contributed by atoms with van der Waals surface area (Å²) in [6.45, 7) is 1.91. The third-order valence-electron chi connectivity index (χ3n) is 7.08. The zero-order valence-corrected chi connectivity index (χ0v) is 21.8. The number of amides is 3. The number of benzene rings is 2. The van der Waals surface area contributed by atoms with E-state index in [2.05, 4.69) is 16.0 Å². The molecule has 1 aliphatic heterocycles. The monoisotopic (exact) mass is 539 g/mol. The van der Waals surface area contributed by atoms with Crippen LogP contribution in [0.25, 0.3) is 0 Å². The molecule has 1 saturated carbocycles. The van der Waals surface area contributed by atoms with Gasteiger partial charge < -0.3 is 35.6 Å². The number of epoxide rings is 1. The maximum absolute atomic E-state index is 13.6. The molecule has 0 aromatic heterocycles. The second-order valence-corrected chi connectivity index (χ2v) is 10.2. The highest BCUT2D eigenvalue weighted by Crippen LogP contribution is 2.38. The van der Waals surface area contributed by atoms with Crippen LogP contribution < -0.4 is 20.7 Å². The van der Waals surface area contributed by atoms with Gasteiger partial charge in [0.1, 0.15) is 23.4 Å². The maximum atomic E-state index is 13.6. The fourth-order valence-corrected chi connectivity index (χ4v) is 4.40. The Hall–Kier alpha value is -3.96. The summed E-state index contributed by atoms with van der Waals surface area (Å²) in [6.07, 6.45) is -0.728. The minimum atomic E-state index is -1.52. The van der Waals surface area contributed by atoms with Crippen molar-refractivity contribution in [3.63, 3.8) is 0 Å². The molecule has 0 unspecified atom stereocenters. The molecule has 0 spiro atoms. The van der Waals surface area contributed by atoms with Crippen molar-refractivity contribution in [1.29, 1.82) is 0 Å². The third kappa shape index (κ3) is 7.12. The van der Waals surface area contributed by atoms with Crippen LogP contribution in [0.3, 0.4) is 0 Å². The van der Waals surface area contributed by atoms with Gasteiger partial charge in [0.15, 0.2) is 5.78 Å². The molecule has 1 aliphatic carbocycles. The van der Waals surface area contributed by atoms with Crippen molar-refractivity contribution < 1.29 is 38.9 Å². The van der Waals surface area contributed by atoms with Crippen LogP contribution in [0.4, 0.5) is 4.79 Å². The second-order valence-electron chi connectivity index (χ2n) is 10.2. The molecule has 39 heavy (non-hydrogen) atoms. The Labute approximate surface area is 225 Å². The lowest BCUT2D eigenvalue weighted by atomic mass is 9.94. The topological polar surface area (TPSA) is 167 Å². The average molecular weight is 540 g/mol. The number of rotatable bonds is 13. The summed E-state index contributed by atoms with van der Waals surface area (Å²) in [5.74, 6) is -1.15. The third-order valence-corrected chi connectivity index (χ3v) is 7.08. The zero-order valence-electron chi connectivity index (χ0n) is 21.8. The number of hydrogen-bond acceptors (Lipinski definition) is 7. The Bertz CT molecular complexity index is 1210. The summed E-state index contributed by atoms with van der Waals surface area (Å²) in [5, 5.41) is 27.2. The van der Waals surface area contributed by atoms with E-state index in [1.807, 2.05) is 30.3 Å². The van der Waals surface area contributed by atoms with E-state index < -0.39 is 47.2 Å². The standard InChI is InChI=1S/C28H33N3O8/c1-27(16-39-27)23(32)20(14-17-6-4-3-5-7-17)29-24(33)21(15-18-8-10-19(38-2)11-9-18)30-25(34)22(31-26(35)36)28(37)12-13-28/h3-11,20-22,31,37H,12-16H2,1-2H3,(H,29,33)(H,30,34)(H,35,36)/t20-,21-,22+,27+/m0/s1. The molecule has 0 bridgehead atoms. The van der Waals surface area contributed by atoms with Gasteiger partial charge in [0.25, 0.3) is 0 Å². The number of aliphatic hydroxyl groups is 1. The lowest BCUT2D eigenvalue weighted by Gasteiger charge is -2.27. The van der Waals surface area contributed by atoms with E-state index in [0.717, 1.165) is 5.56 Å². The minimum Gasteiger partial charge on any atom is -0.497 e. The molecule has 11 heteroatoms. The predicted octanol–water partition coefficient (Wildman–Crippen LogP) is 0.969. The van der Waals surface area contributed by atoms with Crippen LogP contribution in [0.2, 0.25) is 0 Å². The van der Waals surface area contributed by atoms with E-state index in [1.54, 1.807) is 31.2 Å². The number of ether oxygens (including phenoxy) is 2. The van der Waals surface area contributed by atoms with E-state index in [0.29, 0.717) is 11.3 Å². The van der Waals surface area contributed by atoms with Crippen LogP contribution in [0.5, 0.6) is 5.75 Å². The molecule has 208 valence electrons. The number of nitrogens with one attached hydrogen (secondary N) is 3. The molecular formula is C28H33N3O8. The number of methoxy groups -OCH3 is 1. The van der Waals surface area contributed by atoms with E-state index >= 15 is 0 Å². The first-order chi connectivity index (χ1) is 18.5. The molecular weight excluding hydrogens is 506 g/mol. The highest BCUT2D eigenvalue weighted by atomic mass is 16.6. The summed E-state index contributed by atoms with van der Waals surface area (Å²) >= 11 is 0. The number of carbonyl (C=O) groups is 4. The summed E-state index contributed by atoms with van der Waals surface area (Å²) in [6, 6.07) is 12.5. The highest BCUT2D eigenvalue weighted by Gasteiger charge is 2.53. The van der Waals surface area contributed by atoms with Crippen molar-refractivity contribution in [2.24, 2.45) is 0 Å². The zero-order chi connectivity index (χ0) is 28.2. The number of hydrogen-bond donors (Lipinski definition) is 5. The SMILES string of the molecule is COc1ccc(C[C@H](NC(=O)[C@@H](NC(=O)O)C2(O)CC2)C(=O)N[C@@H](Cc2ccccc2)C(=O)[C@@]2(C)CO2)cc1. The Morgan fingerprint density at radius 3 is 2.00 bits per heavy atom. The largest absolute Gasteiger partial charge is 0.497 e. The van der Waals surface area contributed by atoms with Gasteiger partial charge in [0.2, 0.25) is 11.8 Å². The normalized spacial score (nSPS) is 21.0. The Kier molecular flexibility index (Phi) is 8.22. The Morgan fingerprint density at radius 1 is 0.897 bits per heavy atom. The average Bonchev–Trinajstić information content (AvgIpc) is 3.85. The molecule has 2 aromatic carbocycles. The first kappa shape index (κ1) is 28.1. The molecule has 0 radical (unpaired) electrons. The van der Waals surface area contributed by atoms with Crippen LogP contribution in [-0.4, -0.2) is 76.9 Å². The summed E-state index contributed by atoms with van der Waals surface area (Å²) < 4.78 is 10.5. The van der Waals surface area contributed by atoms with Crippen LogP contribution in [0.1, 0.15) is 30.9 Å². The van der Waals surface area contributed by atoms with E-state index in [9.17, 15) is 29.4 Å². The van der Waals surface area contributed by atoms with E-state index in [-0.39, 0.29) is 38.1 Å². The second kappa shape index (κ2) is 11.4. The van der Waals surface area contributed by atoms with Gasteiger partial charge >= 0.3 is 6.09 Å². The Morgan fingerprint density at radius 2 is 1.46 bits per heavy atom. The number of carboxylic acid groups (broad SMARTS) is 1. The Balaban J connectivity index is 1.57. The minimum absolute atomic E-state index is 0.0415. The molecule has 11 nitrogen and oxygen atoms in total.